The molecule has 4 rings (SSSR count). The zero-order valence-electron chi connectivity index (χ0n) is 12.7. The number of H-pyrrole nitrogens is 1. The van der Waals surface area contributed by atoms with Crippen LogP contribution in [0.1, 0.15) is 37.0 Å². The number of likely N-dealkylation sites (tertiary alicyclic amines) is 1. The van der Waals surface area contributed by atoms with Gasteiger partial charge in [0.25, 0.3) is 0 Å². The maximum absolute atomic E-state index is 4.33. The Hall–Kier alpha value is -2.61. The van der Waals surface area contributed by atoms with Gasteiger partial charge in [0.1, 0.15) is 12.2 Å². The van der Waals surface area contributed by atoms with Crippen LogP contribution in [0.5, 0.6) is 0 Å². The highest BCUT2D eigenvalue weighted by atomic mass is 15.5. The topological polar surface area (TPSA) is 88.4 Å². The third-order valence-electron chi connectivity index (χ3n) is 4.24. The highest BCUT2D eigenvalue weighted by Gasteiger charge is 2.27. The Labute approximate surface area is 133 Å². The zero-order valence-corrected chi connectivity index (χ0v) is 12.7. The van der Waals surface area contributed by atoms with Crippen LogP contribution >= 0.6 is 0 Å². The first-order valence-electron chi connectivity index (χ1n) is 7.84. The molecule has 1 atom stereocenters. The first-order valence-corrected chi connectivity index (χ1v) is 7.84. The van der Waals surface area contributed by atoms with Crippen LogP contribution in [0.25, 0.3) is 5.69 Å². The predicted molar refractivity (Wildman–Crippen MR) is 82.5 cm³/mol. The van der Waals surface area contributed by atoms with Crippen LogP contribution in [-0.2, 0) is 6.54 Å². The summed E-state index contributed by atoms with van der Waals surface area (Å²) in [7, 11) is 0. The van der Waals surface area contributed by atoms with E-state index in [1.165, 1.54) is 12.8 Å². The Morgan fingerprint density at radius 1 is 1.17 bits per heavy atom. The number of nitrogens with one attached hydrogen (secondary N) is 1. The first-order chi connectivity index (χ1) is 11.4. The molecule has 3 aromatic rings. The van der Waals surface area contributed by atoms with Crippen LogP contribution in [0.4, 0.5) is 0 Å². The van der Waals surface area contributed by atoms with E-state index in [1.54, 1.807) is 11.0 Å². The van der Waals surface area contributed by atoms with Gasteiger partial charge in [-0.3, -0.25) is 10.00 Å². The molecule has 0 aliphatic carbocycles. The van der Waals surface area contributed by atoms with Gasteiger partial charge < -0.3 is 0 Å². The second-order valence-electron chi connectivity index (χ2n) is 5.70. The number of aromatic nitrogens is 7. The Kier molecular flexibility index (Phi) is 3.81. The molecule has 2 aromatic heterocycles. The van der Waals surface area contributed by atoms with Crippen molar-refractivity contribution in [2.45, 2.75) is 31.8 Å². The molecule has 118 valence electrons. The highest BCUT2D eigenvalue weighted by Crippen LogP contribution is 2.29. The van der Waals surface area contributed by atoms with Crippen molar-refractivity contribution in [3.05, 3.63) is 48.3 Å². The Morgan fingerprint density at radius 3 is 2.91 bits per heavy atom. The molecule has 3 heterocycles. The highest BCUT2D eigenvalue weighted by molar-refractivity contribution is 5.30. The van der Waals surface area contributed by atoms with Gasteiger partial charge in [-0.1, -0.05) is 24.6 Å². The number of piperidine rings is 1. The second kappa shape index (κ2) is 6.25. The van der Waals surface area contributed by atoms with Crippen molar-refractivity contribution in [1.29, 1.82) is 0 Å². The fraction of sp³-hybridized carbons (Fsp3) is 0.400. The third-order valence-corrected chi connectivity index (χ3v) is 4.24. The summed E-state index contributed by atoms with van der Waals surface area (Å²) in [6.07, 6.45) is 5.02. The number of benzene rings is 1. The average molecular weight is 310 g/mol. The summed E-state index contributed by atoms with van der Waals surface area (Å²) in [5.74, 6) is 1.76. The molecule has 0 radical (unpaired) electrons. The van der Waals surface area contributed by atoms with Gasteiger partial charge in [-0.2, -0.15) is 9.78 Å². The van der Waals surface area contributed by atoms with Crippen LogP contribution in [0.2, 0.25) is 0 Å². The minimum Gasteiger partial charge on any atom is -0.286 e. The van der Waals surface area contributed by atoms with Gasteiger partial charge in [0.15, 0.2) is 5.82 Å². The number of hydrogen-bond acceptors (Lipinski definition) is 6. The number of hydrogen-bond donors (Lipinski definition) is 1. The number of aromatic amines is 1. The molecule has 8 nitrogen and oxygen atoms in total. The summed E-state index contributed by atoms with van der Waals surface area (Å²) >= 11 is 0. The Bertz CT molecular complexity index is 736. The molecule has 1 N–H and O–H groups in total. The lowest BCUT2D eigenvalue weighted by Gasteiger charge is -2.33. The molecular formula is C15H18N8. The summed E-state index contributed by atoms with van der Waals surface area (Å²) in [6, 6.07) is 10.2. The fourth-order valence-corrected chi connectivity index (χ4v) is 3.12. The molecule has 1 fully saturated rings. The normalized spacial score (nSPS) is 19.0. The number of rotatable bonds is 4. The molecule has 0 saturated carbocycles. The van der Waals surface area contributed by atoms with Crippen LogP contribution in [-0.4, -0.2) is 46.8 Å². The minimum atomic E-state index is 0.243. The van der Waals surface area contributed by atoms with E-state index in [2.05, 4.69) is 35.6 Å². The van der Waals surface area contributed by atoms with Crippen molar-refractivity contribution in [3.8, 4) is 5.69 Å². The van der Waals surface area contributed by atoms with Crippen molar-refractivity contribution < 1.29 is 0 Å². The van der Waals surface area contributed by atoms with Crippen molar-refractivity contribution in [1.82, 2.24) is 40.3 Å². The summed E-state index contributed by atoms with van der Waals surface area (Å²) in [5, 5.41) is 19.2. The minimum absolute atomic E-state index is 0.243. The molecular weight excluding hydrogens is 292 g/mol. The maximum Gasteiger partial charge on any atom is 0.170 e. The summed E-state index contributed by atoms with van der Waals surface area (Å²) < 4.78 is 1.80. The van der Waals surface area contributed by atoms with Crippen molar-refractivity contribution in [2.75, 3.05) is 6.54 Å². The lowest BCUT2D eigenvalue weighted by Crippen LogP contribution is -2.34. The van der Waals surface area contributed by atoms with Crippen molar-refractivity contribution in [3.63, 3.8) is 0 Å². The van der Waals surface area contributed by atoms with Crippen molar-refractivity contribution >= 4 is 0 Å². The van der Waals surface area contributed by atoms with Gasteiger partial charge in [0.2, 0.25) is 0 Å². The number of para-hydroxylation sites is 1. The van der Waals surface area contributed by atoms with Crippen molar-refractivity contribution in [2.24, 2.45) is 0 Å². The molecule has 0 unspecified atom stereocenters. The van der Waals surface area contributed by atoms with Gasteiger partial charge in [0.05, 0.1) is 18.3 Å². The molecule has 8 heteroatoms. The number of nitrogens with zero attached hydrogens (tertiary/aromatic N) is 7. The van der Waals surface area contributed by atoms with E-state index in [-0.39, 0.29) is 6.04 Å². The summed E-state index contributed by atoms with van der Waals surface area (Å²) in [5.41, 5.74) is 0.973. The van der Waals surface area contributed by atoms with E-state index < -0.39 is 0 Å². The monoisotopic (exact) mass is 310 g/mol. The predicted octanol–water partition coefficient (Wildman–Crippen LogP) is 1.51. The van der Waals surface area contributed by atoms with E-state index in [1.807, 2.05) is 30.3 Å². The molecule has 23 heavy (non-hydrogen) atoms. The maximum atomic E-state index is 4.33. The summed E-state index contributed by atoms with van der Waals surface area (Å²) in [6.45, 7) is 1.69. The second-order valence-corrected chi connectivity index (χ2v) is 5.70. The van der Waals surface area contributed by atoms with Gasteiger partial charge in [-0.05, 0) is 41.9 Å². The van der Waals surface area contributed by atoms with Crippen LogP contribution < -0.4 is 0 Å². The average Bonchev–Trinajstić information content (AvgIpc) is 3.28. The quantitative estimate of drug-likeness (QED) is 0.786. The standard InChI is InChI=1S/C15H18N8/c1-2-6-12(7-3-1)23-14(18-20-21-23)10-22-9-5-4-8-13(22)15-16-11-17-19-15/h1-3,6-7,11,13H,4-5,8-10H2,(H,16,17,19)/t13-/m0/s1. The Morgan fingerprint density at radius 2 is 2.09 bits per heavy atom. The van der Waals surface area contributed by atoms with Crippen LogP contribution in [0.15, 0.2) is 36.7 Å². The van der Waals surface area contributed by atoms with E-state index in [0.717, 1.165) is 30.3 Å². The molecule has 1 aliphatic heterocycles. The van der Waals surface area contributed by atoms with Gasteiger partial charge in [-0.15, -0.1) is 5.10 Å². The fourth-order valence-electron chi connectivity index (χ4n) is 3.12. The molecule has 1 saturated heterocycles. The van der Waals surface area contributed by atoms with Gasteiger partial charge in [-0.25, -0.2) is 4.98 Å². The van der Waals surface area contributed by atoms with Gasteiger partial charge >= 0.3 is 0 Å². The van der Waals surface area contributed by atoms with E-state index in [0.29, 0.717) is 6.54 Å². The SMILES string of the molecule is c1ccc(-n2nnnc2CN2CCCC[C@H]2c2ncn[nH]2)cc1. The lowest BCUT2D eigenvalue weighted by atomic mass is 10.0. The largest absolute Gasteiger partial charge is 0.286 e. The van der Waals surface area contributed by atoms with Crippen LogP contribution in [0.3, 0.4) is 0 Å². The number of tetrazole rings is 1. The molecule has 1 aromatic carbocycles. The smallest absolute Gasteiger partial charge is 0.170 e. The molecule has 1 aliphatic rings. The van der Waals surface area contributed by atoms with E-state index in [4.69, 9.17) is 0 Å². The first kappa shape index (κ1) is 14.0. The summed E-state index contributed by atoms with van der Waals surface area (Å²) in [4.78, 5) is 6.70. The van der Waals surface area contributed by atoms with E-state index in [9.17, 15) is 0 Å². The zero-order chi connectivity index (χ0) is 15.5. The van der Waals surface area contributed by atoms with E-state index >= 15 is 0 Å². The molecule has 0 spiro atoms. The molecule has 0 bridgehead atoms. The van der Waals surface area contributed by atoms with Crippen LogP contribution in [0, 0.1) is 0 Å². The molecule has 0 amide bonds. The third kappa shape index (κ3) is 2.85. The Balaban J connectivity index is 1.59. The van der Waals surface area contributed by atoms with Gasteiger partial charge in [0, 0.05) is 0 Å². The lowest BCUT2D eigenvalue weighted by molar-refractivity contribution is 0.129.